The Kier molecular flexibility index (Phi) is 4.37. The van der Waals surface area contributed by atoms with Crippen molar-refractivity contribution in [3.05, 3.63) is 22.7 Å². The Morgan fingerprint density at radius 2 is 2.16 bits per heavy atom. The van der Waals surface area contributed by atoms with Crippen LogP contribution in [-0.4, -0.2) is 25.3 Å². The molecule has 1 fully saturated rings. The summed E-state index contributed by atoms with van der Waals surface area (Å²) >= 11 is 3.28. The minimum absolute atomic E-state index is 0.0408. The predicted octanol–water partition coefficient (Wildman–Crippen LogP) is 2.56. The van der Waals surface area contributed by atoms with E-state index < -0.39 is 10.2 Å². The van der Waals surface area contributed by atoms with Gasteiger partial charge in [0, 0.05) is 22.7 Å². The fraction of sp³-hybridized carbons (Fsp3) is 0.500. The minimum atomic E-state index is -3.50. The van der Waals surface area contributed by atoms with Crippen molar-refractivity contribution in [2.75, 3.05) is 17.0 Å². The first-order valence-corrected chi connectivity index (χ1v) is 8.48. The third-order valence-corrected chi connectivity index (χ3v) is 5.67. The smallest absolute Gasteiger partial charge is 0.301 e. The number of nitrogen functional groups attached to an aromatic ring is 1. The molecule has 5 nitrogen and oxygen atoms in total. The van der Waals surface area contributed by atoms with Crippen molar-refractivity contribution in [2.24, 2.45) is 0 Å². The lowest BCUT2D eigenvalue weighted by Crippen LogP contribution is -2.44. The van der Waals surface area contributed by atoms with E-state index in [1.807, 2.05) is 6.92 Å². The molecule has 19 heavy (non-hydrogen) atoms. The van der Waals surface area contributed by atoms with Crippen LogP contribution in [0.1, 0.15) is 26.2 Å². The van der Waals surface area contributed by atoms with Gasteiger partial charge in [-0.3, -0.25) is 4.72 Å². The molecule has 3 N–H and O–H groups in total. The summed E-state index contributed by atoms with van der Waals surface area (Å²) in [6, 6.07) is 5.06. The average Bonchev–Trinajstić information content (AvgIpc) is 2.34. The first kappa shape index (κ1) is 14.6. The molecule has 0 spiro atoms. The van der Waals surface area contributed by atoms with E-state index in [1.54, 1.807) is 18.2 Å². The molecule has 0 aliphatic carbocycles. The summed E-state index contributed by atoms with van der Waals surface area (Å²) in [6.45, 7) is 2.51. The Balaban J connectivity index is 2.18. The Morgan fingerprint density at radius 1 is 1.42 bits per heavy atom. The van der Waals surface area contributed by atoms with Gasteiger partial charge in [0.05, 0.1) is 5.69 Å². The van der Waals surface area contributed by atoms with Crippen molar-refractivity contribution >= 4 is 37.5 Å². The summed E-state index contributed by atoms with van der Waals surface area (Å²) in [5.74, 6) is 0. The Bertz CT molecular complexity index is 562. The summed E-state index contributed by atoms with van der Waals surface area (Å²) in [7, 11) is -3.50. The molecule has 1 atom stereocenters. The largest absolute Gasteiger partial charge is 0.398 e. The zero-order valence-electron chi connectivity index (χ0n) is 10.8. The van der Waals surface area contributed by atoms with Crippen LogP contribution in [0.4, 0.5) is 11.4 Å². The second-order valence-electron chi connectivity index (χ2n) is 4.80. The molecule has 106 valence electrons. The number of anilines is 2. The molecule has 0 bridgehead atoms. The lowest BCUT2D eigenvalue weighted by atomic mass is 10.1. The first-order valence-electron chi connectivity index (χ1n) is 6.25. The third-order valence-electron chi connectivity index (χ3n) is 3.29. The predicted molar refractivity (Wildman–Crippen MR) is 81.1 cm³/mol. The Labute approximate surface area is 122 Å². The van der Waals surface area contributed by atoms with E-state index in [4.69, 9.17) is 5.73 Å². The van der Waals surface area contributed by atoms with E-state index in [2.05, 4.69) is 20.7 Å². The van der Waals surface area contributed by atoms with Gasteiger partial charge in [-0.05, 0) is 53.9 Å². The van der Waals surface area contributed by atoms with Crippen molar-refractivity contribution in [3.8, 4) is 0 Å². The second-order valence-corrected chi connectivity index (χ2v) is 7.28. The number of nitrogens with one attached hydrogen (secondary N) is 1. The number of nitrogens with zero attached hydrogens (tertiary/aromatic N) is 1. The molecule has 7 heteroatoms. The number of hydrogen-bond donors (Lipinski definition) is 2. The van der Waals surface area contributed by atoms with Crippen LogP contribution in [-0.2, 0) is 10.2 Å². The second kappa shape index (κ2) is 5.68. The number of hydrogen-bond acceptors (Lipinski definition) is 3. The summed E-state index contributed by atoms with van der Waals surface area (Å²) < 4.78 is 29.5. The van der Waals surface area contributed by atoms with Gasteiger partial charge in [0.25, 0.3) is 0 Å². The van der Waals surface area contributed by atoms with E-state index in [0.717, 1.165) is 23.7 Å². The lowest BCUT2D eigenvalue weighted by Gasteiger charge is -2.32. The topological polar surface area (TPSA) is 75.4 Å². The molecule has 1 unspecified atom stereocenters. The van der Waals surface area contributed by atoms with Gasteiger partial charge in [-0.25, -0.2) is 0 Å². The highest BCUT2D eigenvalue weighted by atomic mass is 79.9. The molecule has 1 heterocycles. The fourth-order valence-electron chi connectivity index (χ4n) is 2.24. The van der Waals surface area contributed by atoms with Gasteiger partial charge in [0.15, 0.2) is 0 Å². The quantitative estimate of drug-likeness (QED) is 0.825. The highest BCUT2D eigenvalue weighted by Gasteiger charge is 2.29. The maximum absolute atomic E-state index is 12.3. The summed E-state index contributed by atoms with van der Waals surface area (Å²) in [5, 5.41) is 0. The molecule has 0 saturated carbocycles. The van der Waals surface area contributed by atoms with Gasteiger partial charge in [0.2, 0.25) is 0 Å². The maximum Gasteiger partial charge on any atom is 0.301 e. The van der Waals surface area contributed by atoms with Gasteiger partial charge >= 0.3 is 10.2 Å². The Morgan fingerprint density at radius 3 is 2.79 bits per heavy atom. The van der Waals surface area contributed by atoms with Crippen molar-refractivity contribution < 1.29 is 8.42 Å². The lowest BCUT2D eigenvalue weighted by molar-refractivity contribution is 0.270. The number of benzene rings is 1. The molecule has 1 aliphatic rings. The van der Waals surface area contributed by atoms with Crippen LogP contribution in [0.2, 0.25) is 0 Å². The van der Waals surface area contributed by atoms with Gasteiger partial charge in [-0.2, -0.15) is 12.7 Å². The molecular formula is C12H18BrN3O2S. The van der Waals surface area contributed by atoms with Gasteiger partial charge in [-0.1, -0.05) is 6.42 Å². The van der Waals surface area contributed by atoms with Crippen molar-refractivity contribution in [1.29, 1.82) is 0 Å². The number of nitrogens with two attached hydrogens (primary N) is 1. The van der Waals surface area contributed by atoms with Crippen molar-refractivity contribution in [2.45, 2.75) is 32.2 Å². The third kappa shape index (κ3) is 3.40. The van der Waals surface area contributed by atoms with E-state index >= 15 is 0 Å². The molecule has 2 rings (SSSR count). The van der Waals surface area contributed by atoms with E-state index in [9.17, 15) is 8.42 Å². The van der Waals surface area contributed by atoms with Crippen LogP contribution in [0.5, 0.6) is 0 Å². The van der Waals surface area contributed by atoms with Crippen LogP contribution >= 0.6 is 15.9 Å². The molecule has 1 aromatic carbocycles. The number of rotatable bonds is 3. The van der Waals surface area contributed by atoms with E-state index in [1.165, 1.54) is 4.31 Å². The maximum atomic E-state index is 12.3. The standard InChI is InChI=1S/C12H18BrN3O2S/c1-9-4-2-3-7-16(9)19(17,18)15-10-5-6-11(13)12(14)8-10/h5-6,8-9,15H,2-4,7,14H2,1H3. The zero-order valence-corrected chi connectivity index (χ0v) is 13.2. The molecule has 1 aliphatic heterocycles. The van der Waals surface area contributed by atoms with Crippen LogP contribution < -0.4 is 10.5 Å². The van der Waals surface area contributed by atoms with Gasteiger partial charge in [0.1, 0.15) is 0 Å². The highest BCUT2D eigenvalue weighted by Crippen LogP contribution is 2.25. The SMILES string of the molecule is CC1CCCCN1S(=O)(=O)Nc1ccc(Br)c(N)c1. The molecule has 1 aromatic rings. The normalized spacial score (nSPS) is 21.3. The molecular weight excluding hydrogens is 330 g/mol. The summed E-state index contributed by atoms with van der Waals surface area (Å²) in [5.41, 5.74) is 6.74. The first-order chi connectivity index (χ1) is 8.90. The molecule has 0 amide bonds. The van der Waals surface area contributed by atoms with Crippen LogP contribution in [0.25, 0.3) is 0 Å². The molecule has 0 aromatic heterocycles. The van der Waals surface area contributed by atoms with Gasteiger partial charge in [-0.15, -0.1) is 0 Å². The highest BCUT2D eigenvalue weighted by molar-refractivity contribution is 9.10. The van der Waals surface area contributed by atoms with Crippen molar-refractivity contribution in [3.63, 3.8) is 0 Å². The van der Waals surface area contributed by atoms with Crippen LogP contribution in [0, 0.1) is 0 Å². The monoisotopic (exact) mass is 347 g/mol. The minimum Gasteiger partial charge on any atom is -0.398 e. The Hall–Kier alpha value is -0.790. The summed E-state index contributed by atoms with van der Waals surface area (Å²) in [6.07, 6.45) is 2.90. The number of halogens is 1. The van der Waals surface area contributed by atoms with Crippen LogP contribution in [0.3, 0.4) is 0 Å². The van der Waals surface area contributed by atoms with Gasteiger partial charge < -0.3 is 5.73 Å². The molecule has 0 radical (unpaired) electrons. The zero-order chi connectivity index (χ0) is 14.0. The van der Waals surface area contributed by atoms with Crippen LogP contribution in [0.15, 0.2) is 22.7 Å². The summed E-state index contributed by atoms with van der Waals surface area (Å²) in [4.78, 5) is 0. The van der Waals surface area contributed by atoms with E-state index in [-0.39, 0.29) is 6.04 Å². The molecule has 1 saturated heterocycles. The number of piperidine rings is 1. The van der Waals surface area contributed by atoms with E-state index in [0.29, 0.717) is 17.9 Å². The van der Waals surface area contributed by atoms with Crippen molar-refractivity contribution in [1.82, 2.24) is 4.31 Å². The fourth-order valence-corrected chi connectivity index (χ4v) is 3.98. The average molecular weight is 348 g/mol.